The van der Waals surface area contributed by atoms with E-state index in [-0.39, 0.29) is 41.8 Å². The maximum atomic E-state index is 10.5. The molecule has 1 saturated carbocycles. The summed E-state index contributed by atoms with van der Waals surface area (Å²) >= 11 is 0. The zero-order valence-electron chi connectivity index (χ0n) is 17.7. The lowest BCUT2D eigenvalue weighted by atomic mass is 9.75. The number of rotatable bonds is 5. The van der Waals surface area contributed by atoms with Gasteiger partial charge in [0.15, 0.2) is 11.5 Å². The maximum absolute atomic E-state index is 10.5. The molecule has 0 amide bonds. The first-order valence-electron chi connectivity index (χ1n) is 10.5. The van der Waals surface area contributed by atoms with Crippen LogP contribution >= 0.6 is 0 Å². The average Bonchev–Trinajstić information content (AvgIpc) is 2.73. The van der Waals surface area contributed by atoms with E-state index in [1.165, 1.54) is 18.2 Å². The van der Waals surface area contributed by atoms with Crippen LogP contribution in [0.5, 0.6) is 11.5 Å². The number of aliphatic hydroxyl groups excluding tert-OH is 6. The van der Waals surface area contributed by atoms with Crippen molar-refractivity contribution in [3.63, 3.8) is 0 Å². The molecule has 1 aromatic carbocycles. The monoisotopic (exact) mass is 446 g/mol. The molecular weight excluding hydrogens is 416 g/mol. The number of phenols is 2. The van der Waals surface area contributed by atoms with E-state index in [0.29, 0.717) is 16.7 Å². The highest BCUT2D eigenvalue weighted by Crippen LogP contribution is 2.39. The Bertz CT molecular complexity index is 963. The van der Waals surface area contributed by atoms with E-state index in [9.17, 15) is 40.9 Å². The number of hydrogen-bond acceptors (Lipinski definition) is 8. The number of hydrogen-bond donors (Lipinski definition) is 8. The Morgan fingerprint density at radius 3 is 2.31 bits per heavy atom. The minimum Gasteiger partial charge on any atom is -0.512 e. The molecule has 0 heterocycles. The highest BCUT2D eigenvalue weighted by molar-refractivity contribution is 5.78. The van der Waals surface area contributed by atoms with E-state index in [1.54, 1.807) is 18.2 Å². The van der Waals surface area contributed by atoms with Crippen LogP contribution in [0.25, 0.3) is 5.57 Å². The second kappa shape index (κ2) is 9.38. The van der Waals surface area contributed by atoms with Gasteiger partial charge in [0.25, 0.3) is 0 Å². The third kappa shape index (κ3) is 4.83. The average molecular weight is 446 g/mol. The van der Waals surface area contributed by atoms with Gasteiger partial charge in [-0.2, -0.15) is 0 Å². The van der Waals surface area contributed by atoms with E-state index in [2.05, 4.69) is 6.58 Å². The van der Waals surface area contributed by atoms with Crippen LogP contribution in [0.15, 0.2) is 60.1 Å². The van der Waals surface area contributed by atoms with E-state index < -0.39 is 36.3 Å². The third-order valence-electron chi connectivity index (χ3n) is 6.33. The first kappa shape index (κ1) is 23.9. The predicted molar refractivity (Wildman–Crippen MR) is 118 cm³/mol. The maximum Gasteiger partial charge on any atom is 0.158 e. The van der Waals surface area contributed by atoms with Crippen LogP contribution in [0.4, 0.5) is 0 Å². The Labute approximate surface area is 186 Å². The lowest BCUT2D eigenvalue weighted by Crippen LogP contribution is -2.53. The van der Waals surface area contributed by atoms with Crippen molar-refractivity contribution in [3.8, 4) is 11.5 Å². The summed E-state index contributed by atoms with van der Waals surface area (Å²) in [5.74, 6) is -2.13. The number of benzene rings is 1. The highest BCUT2D eigenvalue weighted by Gasteiger charge is 2.42. The van der Waals surface area contributed by atoms with Gasteiger partial charge >= 0.3 is 0 Å². The van der Waals surface area contributed by atoms with Gasteiger partial charge in [-0.3, -0.25) is 0 Å². The van der Waals surface area contributed by atoms with Gasteiger partial charge in [-0.1, -0.05) is 25.6 Å². The Morgan fingerprint density at radius 1 is 1.00 bits per heavy atom. The molecule has 8 N–H and O–H groups in total. The molecule has 8 nitrogen and oxygen atoms in total. The topological polar surface area (TPSA) is 162 Å². The number of allylic oxidation sites excluding steroid dienone is 5. The van der Waals surface area contributed by atoms with Crippen LogP contribution < -0.4 is 0 Å². The second-order valence-corrected chi connectivity index (χ2v) is 8.66. The molecular formula is C24H30O8. The standard InChI is InChI=1S/C24H30O8/c1-11-5-16(25)10-19(27)17(11)7-14(12(2)13-3-4-18(26)20(28)8-13)6-15-9-21(29)23(31)24(32)22(15)30/h3-5,7-8,10-11,15,17,21-32H,2,6,9H2,1H3/b14-7-. The van der Waals surface area contributed by atoms with Gasteiger partial charge in [0.1, 0.15) is 23.7 Å². The van der Waals surface area contributed by atoms with Crippen molar-refractivity contribution in [1.82, 2.24) is 0 Å². The van der Waals surface area contributed by atoms with Crippen molar-refractivity contribution in [1.29, 1.82) is 0 Å². The summed E-state index contributed by atoms with van der Waals surface area (Å²) in [5.41, 5.74) is 1.51. The summed E-state index contributed by atoms with van der Waals surface area (Å²) < 4.78 is 0. The zero-order chi connectivity index (χ0) is 23.7. The predicted octanol–water partition coefficient (Wildman–Crippen LogP) is 2.04. The fraction of sp³-hybridized carbons (Fsp3) is 0.417. The Hall–Kier alpha value is -2.78. The second-order valence-electron chi connectivity index (χ2n) is 8.66. The number of aliphatic hydroxyl groups is 6. The molecule has 8 heteroatoms. The van der Waals surface area contributed by atoms with Crippen LogP contribution in [0.1, 0.15) is 25.3 Å². The molecule has 1 aromatic rings. The molecule has 2 aliphatic rings. The summed E-state index contributed by atoms with van der Waals surface area (Å²) in [6, 6.07) is 4.21. The van der Waals surface area contributed by atoms with Crippen LogP contribution in [0.2, 0.25) is 0 Å². The van der Waals surface area contributed by atoms with Gasteiger partial charge in [-0.25, -0.2) is 0 Å². The zero-order valence-corrected chi connectivity index (χ0v) is 17.7. The molecule has 1 fully saturated rings. The fourth-order valence-corrected chi connectivity index (χ4v) is 4.36. The normalized spacial score (nSPS) is 33.4. The van der Waals surface area contributed by atoms with Gasteiger partial charge in [0, 0.05) is 12.0 Å². The highest BCUT2D eigenvalue weighted by atomic mass is 16.4. The van der Waals surface area contributed by atoms with E-state index in [4.69, 9.17) is 0 Å². The van der Waals surface area contributed by atoms with Crippen LogP contribution in [0, 0.1) is 17.8 Å². The first-order chi connectivity index (χ1) is 15.0. The van der Waals surface area contributed by atoms with Crippen molar-refractivity contribution in [2.75, 3.05) is 0 Å². The van der Waals surface area contributed by atoms with Crippen LogP contribution in [-0.2, 0) is 0 Å². The molecule has 32 heavy (non-hydrogen) atoms. The summed E-state index contributed by atoms with van der Waals surface area (Å²) in [6.07, 6.45) is -0.728. The molecule has 7 atom stereocenters. The Balaban J connectivity index is 1.98. The van der Waals surface area contributed by atoms with Gasteiger partial charge < -0.3 is 40.9 Å². The number of aromatic hydroxyl groups is 2. The van der Waals surface area contributed by atoms with Crippen molar-refractivity contribution in [3.05, 3.63) is 65.7 Å². The van der Waals surface area contributed by atoms with Crippen molar-refractivity contribution < 1.29 is 40.9 Å². The van der Waals surface area contributed by atoms with Crippen molar-refractivity contribution >= 4 is 5.57 Å². The molecule has 0 aliphatic heterocycles. The van der Waals surface area contributed by atoms with E-state index >= 15 is 0 Å². The largest absolute Gasteiger partial charge is 0.512 e. The lowest BCUT2D eigenvalue weighted by Gasteiger charge is -2.39. The van der Waals surface area contributed by atoms with Gasteiger partial charge in [0.2, 0.25) is 0 Å². The summed E-state index contributed by atoms with van der Waals surface area (Å²) in [5, 5.41) is 80.2. The Kier molecular flexibility index (Phi) is 7.00. The molecule has 2 aliphatic carbocycles. The molecule has 0 spiro atoms. The molecule has 7 unspecified atom stereocenters. The minimum atomic E-state index is -1.52. The van der Waals surface area contributed by atoms with Gasteiger partial charge in [-0.15, -0.1) is 0 Å². The van der Waals surface area contributed by atoms with Gasteiger partial charge in [-0.05, 0) is 59.6 Å². The molecule has 174 valence electrons. The lowest BCUT2D eigenvalue weighted by molar-refractivity contribution is -0.156. The van der Waals surface area contributed by atoms with Crippen molar-refractivity contribution in [2.45, 2.75) is 44.2 Å². The summed E-state index contributed by atoms with van der Waals surface area (Å²) in [4.78, 5) is 0. The molecule has 0 bridgehead atoms. The smallest absolute Gasteiger partial charge is 0.158 e. The Morgan fingerprint density at radius 2 is 1.69 bits per heavy atom. The fourth-order valence-electron chi connectivity index (χ4n) is 4.36. The third-order valence-corrected chi connectivity index (χ3v) is 6.33. The van der Waals surface area contributed by atoms with Crippen LogP contribution in [0.3, 0.4) is 0 Å². The number of phenolic OH excluding ortho intramolecular Hbond substituents is 2. The van der Waals surface area contributed by atoms with Crippen molar-refractivity contribution in [2.24, 2.45) is 17.8 Å². The molecule has 3 rings (SSSR count). The molecule has 0 saturated heterocycles. The summed E-state index contributed by atoms with van der Waals surface area (Å²) in [7, 11) is 0. The van der Waals surface area contributed by atoms with E-state index in [0.717, 1.165) is 0 Å². The van der Waals surface area contributed by atoms with Gasteiger partial charge in [0.05, 0.1) is 12.2 Å². The molecule has 0 radical (unpaired) electrons. The van der Waals surface area contributed by atoms with E-state index in [1.807, 2.05) is 6.92 Å². The SMILES string of the molecule is C=C(/C(=C\C1C(O)=CC(O)=CC1C)CC1CC(O)C(O)C(O)C1O)c1ccc(O)c(O)c1. The first-order valence-corrected chi connectivity index (χ1v) is 10.5. The molecule has 0 aromatic heterocycles. The summed E-state index contributed by atoms with van der Waals surface area (Å²) in [6.45, 7) is 5.90. The van der Waals surface area contributed by atoms with Crippen LogP contribution in [-0.4, -0.2) is 65.3 Å². The minimum absolute atomic E-state index is 0.0353. The quantitative estimate of drug-likeness (QED) is 0.252.